The minimum atomic E-state index is -0.605. The average Bonchev–Trinajstić information content (AvgIpc) is 1.65. The van der Waals surface area contributed by atoms with Gasteiger partial charge in [-0.1, -0.05) is 153 Å². The summed E-state index contributed by atoms with van der Waals surface area (Å²) in [7, 11) is 2.62. The molecule has 2 aromatic heterocycles. The Morgan fingerprint density at radius 3 is 1.48 bits per heavy atom. The number of aromatic nitrogens is 2. The van der Waals surface area contributed by atoms with Gasteiger partial charge in [-0.3, -0.25) is 19.2 Å². The molecular weight excluding hydrogens is 1720 g/mol. The van der Waals surface area contributed by atoms with E-state index in [2.05, 4.69) is 126 Å². The number of rotatable bonds is 4. The molecule has 556 valence electrons. The van der Waals surface area contributed by atoms with Gasteiger partial charge in [0.1, 0.15) is 5.56 Å². The number of halogens is 8. The van der Waals surface area contributed by atoms with Gasteiger partial charge in [-0.15, -0.1) is 9.81 Å². The Kier molecular flexibility index (Phi) is 35.4. The minimum absolute atomic E-state index is 0.0336. The fourth-order valence-electron chi connectivity index (χ4n) is 9.16. The van der Waals surface area contributed by atoms with Crippen molar-refractivity contribution in [2.24, 2.45) is 22.1 Å². The van der Waals surface area contributed by atoms with E-state index in [4.69, 9.17) is 92.9 Å². The molecule has 0 saturated heterocycles. The zero-order valence-corrected chi connectivity index (χ0v) is 66.8. The number of methoxy groups -OCH3 is 2. The molecule has 2 aliphatic rings. The van der Waals surface area contributed by atoms with Crippen molar-refractivity contribution in [3.8, 4) is 11.8 Å². The number of carbonyl (C=O) groups excluding carboxylic acids is 6. The molecule has 36 heteroatoms. The zero-order valence-electron chi connectivity index (χ0n) is 57.4. The maximum absolute atomic E-state index is 11.3. The lowest BCUT2D eigenvalue weighted by atomic mass is 10.1. The number of esters is 2. The van der Waals surface area contributed by atoms with Gasteiger partial charge < -0.3 is 73.6 Å². The van der Waals surface area contributed by atoms with Crippen molar-refractivity contribution in [1.29, 1.82) is 0 Å². The number of aromatic amines is 2. The van der Waals surface area contributed by atoms with Crippen LogP contribution in [0.1, 0.15) is 85.9 Å². The Hall–Kier alpha value is -10.0. The Balaban J connectivity index is 0.000000313. The summed E-state index contributed by atoms with van der Waals surface area (Å²) in [6, 6.07) is 27.6. The first-order valence-corrected chi connectivity index (χ1v) is 34.3. The molecule has 20 N–H and O–H groups in total. The lowest BCUT2D eigenvalue weighted by molar-refractivity contribution is -0.112. The standard InChI is InChI=1S/C9H7BrN2O2.C9H6BrNO2.C9H10BrNO2.C9H7ClN2O2.C9H6ClNO2.C9H10ClNO2.C8H7BrN2.C8H7ClN2.2H3NO/c1-4-6(10)3-2-5-7(4)11-9(13)8(5)12-14;1-4-6(10)3-2-5-7(4)11-9(13)8(5)12;1-5-7(10)4-3-6(8(5)11)9(12)13-2;1-4-2-3-5(10)6-7(4)11-9(13)8(6)12-14;1-4-2-3-5(10)6-7(4)11-9(13)8(6)12;1-5-3-4-6(10)7(8(5)11)9(12)13-2;1-5-6(9)3-4-7(11-2)8(5)10;1-5-3-4-6(9)8(11-2)7(5)10;2*1-2/h2-3,11,13H,1H3;2-3H,1H3,(H,11,12,13);3-4H,11H2,1-2H3;2-3,11,13H,1H3;2-3H,1H3,(H,11,12,13);3-4H,11H2,1-2H3;2*3-4H,10H2,1H3;2*2H,1H2. The highest BCUT2D eigenvalue weighted by Gasteiger charge is 2.32. The van der Waals surface area contributed by atoms with Gasteiger partial charge in [0.25, 0.3) is 23.4 Å². The van der Waals surface area contributed by atoms with Crippen LogP contribution in [-0.4, -0.2) is 80.1 Å². The number of aromatic hydroxyl groups is 2. The van der Waals surface area contributed by atoms with E-state index in [9.17, 15) is 48.8 Å². The molecule has 0 spiro atoms. The largest absolute Gasteiger partial charge is 0.493 e. The van der Waals surface area contributed by atoms with Gasteiger partial charge in [0.2, 0.25) is 23.1 Å². The Bertz CT molecular complexity index is 5140. The predicted molar refractivity (Wildman–Crippen MR) is 429 cm³/mol. The van der Waals surface area contributed by atoms with Crippen LogP contribution in [0, 0.1) is 78.3 Å². The van der Waals surface area contributed by atoms with Crippen LogP contribution in [0.4, 0.5) is 56.9 Å². The van der Waals surface area contributed by atoms with Gasteiger partial charge in [0.15, 0.2) is 11.4 Å². The third-order valence-electron chi connectivity index (χ3n) is 15.2. The molecule has 28 nitrogen and oxygen atoms in total. The van der Waals surface area contributed by atoms with Crippen molar-refractivity contribution in [1.82, 2.24) is 9.97 Å². The fraction of sp³-hybridized carbons (Fsp3) is 0.143. The SMILES string of the molecule is COC(=O)c1c(Cl)ccc(C)c1N.COC(=O)c1ccc(Br)c(C)c1N.Cc1c(Br)ccc2c(N=O)c(O)[nH]c12.Cc1c(Br)ccc2c1NC(=O)C2=O.Cc1ccc(Cl)c2c(N=O)c(O)[nH]c12.Cc1ccc(Cl)c2c1NC(=O)C2=O.NO.NO.[C-]#[N+]c1c(Cl)ccc(C)c1N.[C-]#[N+]c1ccc(Br)c(C)c1N. The highest BCUT2D eigenvalue weighted by Crippen LogP contribution is 2.42. The van der Waals surface area contributed by atoms with Gasteiger partial charge in [0, 0.05) is 39.7 Å². The first kappa shape index (κ1) is 90.2. The van der Waals surface area contributed by atoms with E-state index < -0.39 is 35.3 Å². The van der Waals surface area contributed by atoms with Gasteiger partial charge in [-0.25, -0.2) is 31.1 Å². The molecule has 106 heavy (non-hydrogen) atoms. The third kappa shape index (κ3) is 21.6. The summed E-state index contributed by atoms with van der Waals surface area (Å²) in [5.74, 6) is 3.50. The van der Waals surface area contributed by atoms with Crippen LogP contribution in [0.2, 0.25) is 20.1 Å². The molecule has 10 aromatic rings. The van der Waals surface area contributed by atoms with E-state index in [1.54, 1.807) is 91.9 Å². The zero-order chi connectivity index (χ0) is 80.6. The van der Waals surface area contributed by atoms with Gasteiger partial charge in [-0.2, -0.15) is 0 Å². The minimum Gasteiger partial charge on any atom is -0.493 e. The number of hydrogen-bond donors (Lipinski definition) is 14. The molecular formula is C70H66Br4Cl4N14O14. The number of nitrogens with two attached hydrogens (primary N) is 6. The van der Waals surface area contributed by atoms with Crippen LogP contribution in [0.15, 0.2) is 125 Å². The molecule has 4 heterocycles. The second kappa shape index (κ2) is 41.6. The third-order valence-corrected chi connectivity index (χ3v) is 19.9. The number of H-pyrrole nitrogens is 2. The Morgan fingerprint density at radius 1 is 0.481 bits per heavy atom. The molecule has 2 amide bonds. The number of hydrogen-bond acceptors (Lipinski definition) is 22. The summed E-state index contributed by atoms with van der Waals surface area (Å²) in [4.78, 5) is 99.8. The van der Waals surface area contributed by atoms with Gasteiger partial charge in [0.05, 0.1) is 98.3 Å². The normalized spacial score (nSPS) is 10.8. The number of nitroso groups, excluding NO2 is 2. The smallest absolute Gasteiger partial charge is 0.341 e. The maximum atomic E-state index is 11.3. The van der Waals surface area contributed by atoms with Gasteiger partial charge in [-0.05, 0) is 165 Å². The summed E-state index contributed by atoms with van der Waals surface area (Å²) in [5, 5.41) is 44.9. The number of benzene rings is 8. The summed E-state index contributed by atoms with van der Waals surface area (Å²) in [5.41, 5.74) is 36.4. The number of nitrogen functional groups attached to an aromatic ring is 4. The molecule has 0 fully saturated rings. The highest BCUT2D eigenvalue weighted by atomic mass is 79.9. The van der Waals surface area contributed by atoms with Crippen molar-refractivity contribution < 1.29 is 58.9 Å². The predicted octanol–water partition coefficient (Wildman–Crippen LogP) is 18.7. The number of nitrogens with one attached hydrogen (secondary N) is 4. The fourth-order valence-corrected chi connectivity index (χ4v) is 11.4. The monoisotopic (exact) mass is 1780 g/mol. The number of aryl methyl sites for hydroxylation is 5. The van der Waals surface area contributed by atoms with E-state index in [1.165, 1.54) is 14.2 Å². The quantitative estimate of drug-likeness (QED) is 0.0194. The second-order valence-corrected chi connectivity index (χ2v) is 26.6. The number of nitrogens with zero attached hydrogens (tertiary/aromatic N) is 4. The average molecular weight is 1790 g/mol. The first-order chi connectivity index (χ1) is 50.0. The molecule has 12 rings (SSSR count). The van der Waals surface area contributed by atoms with Crippen LogP contribution in [-0.2, 0) is 19.1 Å². The number of carbonyl (C=O) groups is 6. The Morgan fingerprint density at radius 2 is 0.934 bits per heavy atom. The molecule has 0 radical (unpaired) electrons. The van der Waals surface area contributed by atoms with Crippen molar-refractivity contribution in [2.45, 2.75) is 55.4 Å². The first-order valence-electron chi connectivity index (χ1n) is 29.6. The summed E-state index contributed by atoms with van der Waals surface area (Å²) in [6.45, 7) is 28.3. The number of amides is 2. The van der Waals surface area contributed by atoms with Crippen molar-refractivity contribution in [2.75, 3.05) is 47.8 Å². The number of fused-ring (bicyclic) bond motifs is 4. The van der Waals surface area contributed by atoms with E-state index in [-0.39, 0.29) is 28.7 Å². The van der Waals surface area contributed by atoms with Crippen LogP contribution in [0.25, 0.3) is 31.5 Å². The number of ketones is 2. The van der Waals surface area contributed by atoms with E-state index >= 15 is 0 Å². The molecule has 2 aliphatic heterocycles. The summed E-state index contributed by atoms with van der Waals surface area (Å²) < 4.78 is 12.8. The maximum Gasteiger partial charge on any atom is 0.341 e. The lowest BCUT2D eigenvalue weighted by Crippen LogP contribution is -2.12. The van der Waals surface area contributed by atoms with E-state index in [0.717, 1.165) is 67.9 Å². The molecule has 0 aliphatic carbocycles. The van der Waals surface area contributed by atoms with E-state index in [0.29, 0.717) is 98.6 Å². The lowest BCUT2D eigenvalue weighted by Gasteiger charge is -2.07. The molecule has 0 atom stereocenters. The molecule has 0 bridgehead atoms. The van der Waals surface area contributed by atoms with Crippen molar-refractivity contribution in [3.05, 3.63) is 234 Å². The van der Waals surface area contributed by atoms with Crippen LogP contribution >= 0.6 is 110 Å². The molecule has 0 saturated carbocycles. The number of Topliss-reactive ketones (excluding diaryl/α,β-unsaturated/α-hetero) is 2. The van der Waals surface area contributed by atoms with Crippen LogP contribution < -0.4 is 45.4 Å². The topological polar surface area (TPSA) is 481 Å². The van der Waals surface area contributed by atoms with Gasteiger partial charge >= 0.3 is 11.9 Å². The van der Waals surface area contributed by atoms with E-state index in [1.807, 2.05) is 60.6 Å². The van der Waals surface area contributed by atoms with Crippen LogP contribution in [0.5, 0.6) is 11.8 Å². The number of ether oxygens (including phenoxy) is 2. The molecule has 0 unspecified atom stereocenters. The van der Waals surface area contributed by atoms with Crippen LogP contribution in [0.3, 0.4) is 0 Å². The Labute approximate surface area is 659 Å². The van der Waals surface area contributed by atoms with Crippen molar-refractivity contribution >= 4 is 224 Å². The molecule has 8 aromatic carbocycles. The second-order valence-electron chi connectivity index (χ2n) is 21.5. The summed E-state index contributed by atoms with van der Waals surface area (Å²) >= 11 is 36.5. The summed E-state index contributed by atoms with van der Waals surface area (Å²) in [6.07, 6.45) is 0. The van der Waals surface area contributed by atoms with Crippen molar-refractivity contribution in [3.63, 3.8) is 0 Å². The number of anilines is 6. The highest BCUT2D eigenvalue weighted by molar-refractivity contribution is 9.11.